The highest BCUT2D eigenvalue weighted by Gasteiger charge is 1.91. The lowest BCUT2D eigenvalue weighted by Gasteiger charge is -1.99. The van der Waals surface area contributed by atoms with Gasteiger partial charge in [0.15, 0.2) is 0 Å². The monoisotopic (exact) mass is 244 g/mol. The first-order valence-electron chi connectivity index (χ1n) is 6.01. The predicted octanol–water partition coefficient (Wildman–Crippen LogP) is 4.06. The summed E-state index contributed by atoms with van der Waals surface area (Å²) in [5.74, 6) is 0. The van der Waals surface area contributed by atoms with Crippen molar-refractivity contribution in [1.29, 1.82) is 5.26 Å². The van der Waals surface area contributed by atoms with E-state index >= 15 is 0 Å². The van der Waals surface area contributed by atoms with Crippen LogP contribution in [0.5, 0.6) is 0 Å². The first-order valence-corrected chi connectivity index (χ1v) is 6.01. The van der Waals surface area contributed by atoms with Gasteiger partial charge in [-0.3, -0.25) is 0 Å². The molecule has 0 rings (SSSR count). The van der Waals surface area contributed by atoms with Crippen molar-refractivity contribution < 1.29 is 0 Å². The minimum Gasteiger partial charge on any atom is -0.327 e. The van der Waals surface area contributed by atoms with Crippen LogP contribution in [0.3, 0.4) is 0 Å². The van der Waals surface area contributed by atoms with Gasteiger partial charge in [-0.05, 0) is 31.1 Å². The van der Waals surface area contributed by atoms with Gasteiger partial charge in [0.1, 0.15) is 0 Å². The number of nitriles is 1. The summed E-state index contributed by atoms with van der Waals surface area (Å²) in [6.45, 7) is 15.9. The number of allylic oxidation sites excluding steroid dienone is 7. The third kappa shape index (κ3) is 9.38. The average Bonchev–Trinajstić information content (AvgIpc) is 2.43. The fourth-order valence-electron chi connectivity index (χ4n) is 0.812. The van der Waals surface area contributed by atoms with Crippen molar-refractivity contribution in [2.75, 3.05) is 6.54 Å². The molecule has 0 unspecified atom stereocenters. The molecule has 2 N–H and O–H groups in total. The van der Waals surface area contributed by atoms with E-state index in [-0.39, 0.29) is 0 Å². The smallest absolute Gasteiger partial charge is 0.0985 e. The van der Waals surface area contributed by atoms with E-state index in [2.05, 4.69) is 13.2 Å². The van der Waals surface area contributed by atoms with Crippen molar-refractivity contribution in [3.05, 3.63) is 59.8 Å². The van der Waals surface area contributed by atoms with Crippen LogP contribution in [0.15, 0.2) is 59.8 Å². The highest BCUT2D eigenvalue weighted by atomic mass is 14.5. The molecule has 0 radical (unpaired) electrons. The second-order valence-electron chi connectivity index (χ2n) is 3.56. The number of rotatable bonds is 5. The maximum atomic E-state index is 8.53. The Kier molecular flexibility index (Phi) is 12.0. The SMILES string of the molecule is C=C(C#N)/C=C\C(=C)/C(C)=C/C=C(\C)CN.CC. The van der Waals surface area contributed by atoms with Crippen molar-refractivity contribution in [3.63, 3.8) is 0 Å². The maximum Gasteiger partial charge on any atom is 0.0985 e. The molecule has 0 aromatic rings. The summed E-state index contributed by atoms with van der Waals surface area (Å²) >= 11 is 0. The summed E-state index contributed by atoms with van der Waals surface area (Å²) in [6.07, 6.45) is 7.36. The Balaban J connectivity index is 0. The highest BCUT2D eigenvalue weighted by Crippen LogP contribution is 2.10. The van der Waals surface area contributed by atoms with Crippen molar-refractivity contribution in [2.24, 2.45) is 5.73 Å². The van der Waals surface area contributed by atoms with Gasteiger partial charge in [-0.25, -0.2) is 0 Å². The summed E-state index contributed by atoms with van der Waals surface area (Å²) in [7, 11) is 0. The van der Waals surface area contributed by atoms with Crippen molar-refractivity contribution in [3.8, 4) is 6.07 Å². The fourth-order valence-corrected chi connectivity index (χ4v) is 0.812. The van der Waals surface area contributed by atoms with E-state index < -0.39 is 0 Å². The Morgan fingerprint density at radius 2 is 1.72 bits per heavy atom. The molecule has 0 bridgehead atoms. The molecule has 0 fully saturated rings. The molecule has 0 amide bonds. The molecular formula is C16H24N2. The third-order valence-corrected chi connectivity index (χ3v) is 2.08. The molecule has 98 valence electrons. The molecule has 18 heavy (non-hydrogen) atoms. The molecule has 0 saturated carbocycles. The van der Waals surface area contributed by atoms with Gasteiger partial charge in [0.25, 0.3) is 0 Å². The number of hydrogen-bond acceptors (Lipinski definition) is 2. The molecule has 0 saturated heterocycles. The van der Waals surface area contributed by atoms with E-state index in [1.165, 1.54) is 0 Å². The zero-order valence-corrected chi connectivity index (χ0v) is 12.0. The summed E-state index contributed by atoms with van der Waals surface area (Å²) in [6, 6.07) is 1.95. The fraction of sp³-hybridized carbons (Fsp3) is 0.312. The second-order valence-corrected chi connectivity index (χ2v) is 3.56. The van der Waals surface area contributed by atoms with E-state index in [4.69, 9.17) is 11.0 Å². The van der Waals surface area contributed by atoms with Gasteiger partial charge < -0.3 is 5.73 Å². The summed E-state index contributed by atoms with van der Waals surface area (Å²) < 4.78 is 0. The molecule has 2 nitrogen and oxygen atoms in total. The Morgan fingerprint density at radius 3 is 2.17 bits per heavy atom. The molecule has 0 aromatic heterocycles. The van der Waals surface area contributed by atoms with Gasteiger partial charge >= 0.3 is 0 Å². The Hall–Kier alpha value is -1.85. The van der Waals surface area contributed by atoms with E-state index in [0.29, 0.717) is 12.1 Å². The molecule has 0 atom stereocenters. The summed E-state index contributed by atoms with van der Waals surface area (Å²) in [4.78, 5) is 0. The lowest BCUT2D eigenvalue weighted by molar-refractivity contribution is 1.14. The average molecular weight is 244 g/mol. The van der Waals surface area contributed by atoms with Crippen LogP contribution in [0, 0.1) is 11.3 Å². The highest BCUT2D eigenvalue weighted by molar-refractivity contribution is 5.42. The lowest BCUT2D eigenvalue weighted by Crippen LogP contribution is -1.98. The van der Waals surface area contributed by atoms with Crippen molar-refractivity contribution in [1.82, 2.24) is 0 Å². The van der Waals surface area contributed by atoms with Gasteiger partial charge in [0.2, 0.25) is 0 Å². The van der Waals surface area contributed by atoms with E-state index in [1.807, 2.05) is 45.9 Å². The third-order valence-electron chi connectivity index (χ3n) is 2.08. The van der Waals surface area contributed by atoms with Crippen LogP contribution in [0.4, 0.5) is 0 Å². The summed E-state index contributed by atoms with van der Waals surface area (Å²) in [5, 5.41) is 8.53. The van der Waals surface area contributed by atoms with Gasteiger partial charge in [-0.2, -0.15) is 5.26 Å². The van der Waals surface area contributed by atoms with E-state index in [9.17, 15) is 0 Å². The minimum atomic E-state index is 0.419. The van der Waals surface area contributed by atoms with Crippen LogP contribution < -0.4 is 5.73 Å². The molecule has 0 aliphatic rings. The first-order chi connectivity index (χ1) is 8.51. The molecular weight excluding hydrogens is 220 g/mol. The van der Waals surface area contributed by atoms with Crippen LogP contribution >= 0.6 is 0 Å². The topological polar surface area (TPSA) is 49.8 Å². The predicted molar refractivity (Wildman–Crippen MR) is 80.9 cm³/mol. The molecule has 0 aromatic carbocycles. The largest absolute Gasteiger partial charge is 0.327 e. The Morgan fingerprint density at radius 1 is 1.17 bits per heavy atom. The van der Waals surface area contributed by atoms with E-state index in [0.717, 1.165) is 16.7 Å². The number of nitrogens with two attached hydrogens (primary N) is 1. The van der Waals surface area contributed by atoms with Gasteiger partial charge in [0, 0.05) is 12.1 Å². The minimum absolute atomic E-state index is 0.419. The maximum absolute atomic E-state index is 8.53. The van der Waals surface area contributed by atoms with Crippen LogP contribution in [0.2, 0.25) is 0 Å². The van der Waals surface area contributed by atoms with Gasteiger partial charge in [-0.15, -0.1) is 0 Å². The Labute approximate surface area is 112 Å². The van der Waals surface area contributed by atoms with Crippen LogP contribution in [-0.2, 0) is 0 Å². The van der Waals surface area contributed by atoms with Crippen LogP contribution in [-0.4, -0.2) is 6.54 Å². The van der Waals surface area contributed by atoms with Crippen LogP contribution in [0.1, 0.15) is 27.7 Å². The molecule has 0 aliphatic carbocycles. The molecule has 0 heterocycles. The first kappa shape index (κ1) is 18.5. The molecule has 2 heteroatoms. The molecule has 0 spiro atoms. The van der Waals surface area contributed by atoms with Crippen LogP contribution in [0.25, 0.3) is 0 Å². The number of hydrogen-bond donors (Lipinski definition) is 1. The standard InChI is InChI=1S/C14H18N2.C2H6/c1-11(9-15)5-7-13(3)14(4)8-6-12(2)10-16;1-2/h5-8H,1,3,10,16H2,2,4H3;1-2H3/b7-5-,12-6+,14-8+;. The van der Waals surface area contributed by atoms with Crippen molar-refractivity contribution >= 4 is 0 Å². The molecule has 0 aliphatic heterocycles. The second kappa shape index (κ2) is 11.6. The van der Waals surface area contributed by atoms with Gasteiger partial charge in [-0.1, -0.05) is 50.8 Å². The zero-order valence-electron chi connectivity index (χ0n) is 12.0. The lowest BCUT2D eigenvalue weighted by atomic mass is 10.1. The quantitative estimate of drug-likeness (QED) is 0.585. The van der Waals surface area contributed by atoms with Gasteiger partial charge in [0.05, 0.1) is 6.07 Å². The number of nitrogens with zero attached hydrogens (tertiary/aromatic N) is 1. The zero-order chi connectivity index (χ0) is 14.6. The normalized spacial score (nSPS) is 11.6. The Bertz CT molecular complexity index is 401. The van der Waals surface area contributed by atoms with E-state index in [1.54, 1.807) is 12.2 Å². The summed E-state index contributed by atoms with van der Waals surface area (Å²) in [5.41, 5.74) is 8.89. The van der Waals surface area contributed by atoms with Crippen molar-refractivity contribution in [2.45, 2.75) is 27.7 Å².